The van der Waals surface area contributed by atoms with Crippen LogP contribution >= 0.6 is 0 Å². The summed E-state index contributed by atoms with van der Waals surface area (Å²) in [5.41, 5.74) is 4.41. The highest BCUT2D eigenvalue weighted by atomic mass is 16.3. The Morgan fingerprint density at radius 1 is 1.05 bits per heavy atom. The number of piperidine rings is 1. The smallest absolute Gasteiger partial charge is 0.251 e. The zero-order chi connectivity index (χ0) is 27.4. The number of hydrogen-bond donors (Lipinski definition) is 3. The first-order chi connectivity index (χ1) is 18.9. The summed E-state index contributed by atoms with van der Waals surface area (Å²) in [6.45, 7) is 6.69. The van der Waals surface area contributed by atoms with Crippen LogP contribution < -0.4 is 15.5 Å². The number of anilines is 2. The summed E-state index contributed by atoms with van der Waals surface area (Å²) in [6.07, 6.45) is 6.39. The standard InChI is InChI=1S/C30H35N7O2/c1-19(20(2)23-5-4-6-24-25(30(39)31-3)8-12-33-29(23)24)17-34-27-16-26(35-18-36-27)21-7-11-32-28(15-21)37-13-9-22(38)10-14-37/h4-8,11-12,15-16,18-20,22,38H,9-10,13-14,17H2,1-3H3,(H,31,39)(H,34,35,36)/t19-,20?/m1/s1. The normalized spacial score (nSPS) is 15.6. The molecule has 9 heteroatoms. The third-order valence-corrected chi connectivity index (χ3v) is 7.72. The fraction of sp³-hybridized carbons (Fsp3) is 0.367. The minimum atomic E-state index is -0.220. The van der Waals surface area contributed by atoms with Crippen molar-refractivity contribution in [3.63, 3.8) is 0 Å². The Morgan fingerprint density at radius 3 is 2.64 bits per heavy atom. The SMILES string of the molecule is CNC(=O)c1ccnc2c(C(C)[C@H](C)CNc3cc(-c4ccnc(N5CCC(O)CC5)c4)ncn3)cccc12. The molecule has 0 saturated carbocycles. The van der Waals surface area contributed by atoms with E-state index in [-0.39, 0.29) is 23.8 Å². The number of amides is 1. The third kappa shape index (κ3) is 5.83. The molecule has 1 aromatic carbocycles. The molecule has 0 bridgehead atoms. The van der Waals surface area contributed by atoms with Gasteiger partial charge in [0, 0.05) is 56.1 Å². The lowest BCUT2D eigenvalue weighted by Crippen LogP contribution is -2.36. The maximum absolute atomic E-state index is 12.4. The molecule has 0 radical (unpaired) electrons. The molecule has 9 nitrogen and oxygen atoms in total. The quantitative estimate of drug-likeness (QED) is 0.313. The number of carbonyl (C=O) groups excluding carboxylic acids is 1. The summed E-state index contributed by atoms with van der Waals surface area (Å²) in [7, 11) is 1.64. The van der Waals surface area contributed by atoms with E-state index in [1.54, 1.807) is 25.6 Å². The van der Waals surface area contributed by atoms with Crippen molar-refractivity contribution in [2.75, 3.05) is 36.9 Å². The highest BCUT2D eigenvalue weighted by molar-refractivity contribution is 6.06. The molecule has 3 N–H and O–H groups in total. The minimum Gasteiger partial charge on any atom is -0.393 e. The van der Waals surface area contributed by atoms with Gasteiger partial charge in [-0.2, -0.15) is 0 Å². The summed E-state index contributed by atoms with van der Waals surface area (Å²) >= 11 is 0. The van der Waals surface area contributed by atoms with Crippen molar-refractivity contribution < 1.29 is 9.90 Å². The molecular weight excluding hydrogens is 490 g/mol. The maximum atomic E-state index is 12.4. The van der Waals surface area contributed by atoms with Gasteiger partial charge in [-0.25, -0.2) is 15.0 Å². The molecule has 0 spiro atoms. The Bertz CT molecular complexity index is 1450. The summed E-state index contributed by atoms with van der Waals surface area (Å²) in [4.78, 5) is 32.7. The average Bonchev–Trinajstić information content (AvgIpc) is 2.99. The predicted molar refractivity (Wildman–Crippen MR) is 154 cm³/mol. The highest BCUT2D eigenvalue weighted by Gasteiger charge is 2.21. The second-order valence-electron chi connectivity index (χ2n) is 10.2. The molecule has 0 aliphatic carbocycles. The molecule has 3 aromatic heterocycles. The largest absolute Gasteiger partial charge is 0.393 e. The van der Waals surface area contributed by atoms with E-state index in [4.69, 9.17) is 0 Å². The van der Waals surface area contributed by atoms with Crippen molar-refractivity contribution in [3.05, 3.63) is 72.3 Å². The first-order valence-corrected chi connectivity index (χ1v) is 13.5. The van der Waals surface area contributed by atoms with E-state index in [2.05, 4.69) is 61.4 Å². The second-order valence-corrected chi connectivity index (χ2v) is 10.2. The van der Waals surface area contributed by atoms with Gasteiger partial charge >= 0.3 is 0 Å². The van der Waals surface area contributed by atoms with Crippen molar-refractivity contribution in [3.8, 4) is 11.3 Å². The van der Waals surface area contributed by atoms with E-state index in [0.717, 1.165) is 65.3 Å². The van der Waals surface area contributed by atoms with Gasteiger partial charge in [0.25, 0.3) is 5.91 Å². The van der Waals surface area contributed by atoms with Crippen LogP contribution in [0.15, 0.2) is 61.2 Å². The van der Waals surface area contributed by atoms with Gasteiger partial charge < -0.3 is 20.6 Å². The van der Waals surface area contributed by atoms with Gasteiger partial charge in [0.05, 0.1) is 22.9 Å². The van der Waals surface area contributed by atoms with Crippen LogP contribution in [-0.2, 0) is 0 Å². The molecule has 1 unspecified atom stereocenters. The molecule has 5 rings (SSSR count). The molecule has 4 aromatic rings. The Morgan fingerprint density at radius 2 is 1.85 bits per heavy atom. The van der Waals surface area contributed by atoms with Crippen LogP contribution in [0.2, 0.25) is 0 Å². The molecule has 39 heavy (non-hydrogen) atoms. The summed E-state index contributed by atoms with van der Waals surface area (Å²) in [5.74, 6) is 2.01. The number of pyridine rings is 2. The van der Waals surface area contributed by atoms with Crippen molar-refractivity contribution in [1.82, 2.24) is 25.3 Å². The van der Waals surface area contributed by atoms with Crippen molar-refractivity contribution in [1.29, 1.82) is 0 Å². The molecule has 202 valence electrons. The zero-order valence-electron chi connectivity index (χ0n) is 22.6. The van der Waals surface area contributed by atoms with Gasteiger partial charge in [0.1, 0.15) is 18.0 Å². The Kier molecular flexibility index (Phi) is 7.97. The van der Waals surface area contributed by atoms with Gasteiger partial charge in [0.15, 0.2) is 0 Å². The van der Waals surface area contributed by atoms with Crippen LogP contribution in [0.1, 0.15) is 48.5 Å². The van der Waals surface area contributed by atoms with Gasteiger partial charge in [0.2, 0.25) is 0 Å². The first kappa shape index (κ1) is 26.5. The molecule has 1 aliphatic heterocycles. The van der Waals surface area contributed by atoms with E-state index in [0.29, 0.717) is 12.1 Å². The number of nitrogens with one attached hydrogen (secondary N) is 2. The van der Waals surface area contributed by atoms with E-state index >= 15 is 0 Å². The van der Waals surface area contributed by atoms with Crippen molar-refractivity contribution in [2.45, 2.75) is 38.7 Å². The molecule has 4 heterocycles. The number of nitrogens with zero attached hydrogens (tertiary/aromatic N) is 5. The monoisotopic (exact) mass is 525 g/mol. The van der Waals surface area contributed by atoms with Gasteiger partial charge in [-0.15, -0.1) is 0 Å². The molecule has 1 amide bonds. The molecule has 2 atom stereocenters. The van der Waals surface area contributed by atoms with Crippen molar-refractivity contribution >= 4 is 28.4 Å². The molecule has 1 fully saturated rings. The number of hydrogen-bond acceptors (Lipinski definition) is 8. The fourth-order valence-electron chi connectivity index (χ4n) is 5.11. The molecule has 1 aliphatic rings. The van der Waals surface area contributed by atoms with Gasteiger partial charge in [-0.3, -0.25) is 9.78 Å². The number of carbonyl (C=O) groups is 1. The Hall–Kier alpha value is -4.11. The van der Waals surface area contributed by atoms with E-state index in [1.165, 1.54) is 0 Å². The van der Waals surface area contributed by atoms with Crippen LogP contribution in [0.25, 0.3) is 22.2 Å². The lowest BCUT2D eigenvalue weighted by molar-refractivity contribution is 0.0964. The zero-order valence-corrected chi connectivity index (χ0v) is 22.6. The number of aliphatic hydroxyl groups excluding tert-OH is 1. The lowest BCUT2D eigenvalue weighted by atomic mass is 9.87. The molecule has 1 saturated heterocycles. The summed E-state index contributed by atoms with van der Waals surface area (Å²) < 4.78 is 0. The van der Waals surface area contributed by atoms with Crippen molar-refractivity contribution in [2.24, 2.45) is 5.92 Å². The van der Waals surface area contributed by atoms with E-state index in [9.17, 15) is 9.90 Å². The van der Waals surface area contributed by atoms with Crippen LogP contribution in [0.3, 0.4) is 0 Å². The van der Waals surface area contributed by atoms with E-state index < -0.39 is 0 Å². The minimum absolute atomic E-state index is 0.113. The number of rotatable bonds is 8. The second kappa shape index (κ2) is 11.7. The van der Waals surface area contributed by atoms with Crippen LogP contribution in [0.4, 0.5) is 11.6 Å². The third-order valence-electron chi connectivity index (χ3n) is 7.72. The number of aromatic nitrogens is 4. The Labute approximate surface area is 228 Å². The number of fused-ring (bicyclic) bond motifs is 1. The highest BCUT2D eigenvalue weighted by Crippen LogP contribution is 2.31. The summed E-state index contributed by atoms with van der Waals surface area (Å²) in [5, 5.41) is 16.9. The van der Waals surface area contributed by atoms with E-state index in [1.807, 2.05) is 30.5 Å². The van der Waals surface area contributed by atoms with Crippen LogP contribution in [-0.4, -0.2) is 63.7 Å². The number of aliphatic hydroxyl groups is 1. The lowest BCUT2D eigenvalue weighted by Gasteiger charge is -2.30. The predicted octanol–water partition coefficient (Wildman–Crippen LogP) is 4.26. The topological polar surface area (TPSA) is 116 Å². The number of benzene rings is 1. The van der Waals surface area contributed by atoms with Crippen LogP contribution in [0, 0.1) is 5.92 Å². The van der Waals surface area contributed by atoms with Gasteiger partial charge in [-0.1, -0.05) is 32.0 Å². The van der Waals surface area contributed by atoms with Crippen LogP contribution in [0.5, 0.6) is 0 Å². The average molecular weight is 526 g/mol. The maximum Gasteiger partial charge on any atom is 0.251 e. The first-order valence-electron chi connectivity index (χ1n) is 13.5. The van der Waals surface area contributed by atoms with Gasteiger partial charge in [-0.05, 0) is 48.4 Å². The summed E-state index contributed by atoms with van der Waals surface area (Å²) in [6, 6.07) is 13.8. The number of para-hydroxylation sites is 1. The Balaban J connectivity index is 1.29. The fourth-order valence-corrected chi connectivity index (χ4v) is 5.11. The molecular formula is C30H35N7O2.